The standard InChI is InChI=1S/C31H47N5O7S/c1-21-27(44-20-34-21)23-7-5-22(6-8-23)18-33-29(39)25-17-24(37)19-36(25)30(40)28(31(2,3)4)35-26(38)9-11-41-13-15-43-16-14-42-12-10-32/h5-8,20,24-25,28,37H,9-19,32H2,1-4H3,(H,33,39)(H,35,38). The Balaban J connectivity index is 1.49. The number of nitrogens with two attached hydrogens (primary N) is 1. The van der Waals surface area contributed by atoms with Crippen LogP contribution in [-0.2, 0) is 35.1 Å². The Kier molecular flexibility index (Phi) is 14.2. The summed E-state index contributed by atoms with van der Waals surface area (Å²) in [6, 6.07) is 6.14. The Bertz CT molecular complexity index is 1200. The summed E-state index contributed by atoms with van der Waals surface area (Å²) in [6.45, 7) is 10.5. The van der Waals surface area contributed by atoms with E-state index in [1.54, 1.807) is 11.3 Å². The molecule has 0 bridgehead atoms. The number of likely N-dealkylation sites (tertiary alicyclic amines) is 1. The van der Waals surface area contributed by atoms with Gasteiger partial charge in [0.05, 0.1) is 61.8 Å². The van der Waals surface area contributed by atoms with Crippen LogP contribution in [0.15, 0.2) is 29.8 Å². The number of β-amino-alcohol motifs (C(OH)–C–C–N with tert-alkyl or cyclic N) is 1. The van der Waals surface area contributed by atoms with Crippen LogP contribution in [0.1, 0.15) is 44.9 Å². The molecule has 2 aromatic rings. The molecular weight excluding hydrogens is 586 g/mol. The van der Waals surface area contributed by atoms with Gasteiger partial charge in [-0.2, -0.15) is 0 Å². The molecule has 1 saturated heterocycles. The molecule has 1 aromatic heterocycles. The van der Waals surface area contributed by atoms with Crippen molar-refractivity contribution >= 4 is 29.1 Å². The van der Waals surface area contributed by atoms with E-state index in [-0.39, 0.29) is 44.4 Å². The van der Waals surface area contributed by atoms with Gasteiger partial charge in [-0.3, -0.25) is 14.4 Å². The van der Waals surface area contributed by atoms with Gasteiger partial charge in [-0.1, -0.05) is 45.0 Å². The predicted octanol–water partition coefficient (Wildman–Crippen LogP) is 1.63. The van der Waals surface area contributed by atoms with Crippen molar-refractivity contribution in [3.63, 3.8) is 0 Å². The number of aromatic nitrogens is 1. The zero-order valence-corrected chi connectivity index (χ0v) is 27.0. The Labute approximate surface area is 263 Å². The SMILES string of the molecule is Cc1ncsc1-c1ccc(CNC(=O)C2CC(O)CN2C(=O)C(NC(=O)CCOCCOCCOCCN)C(C)(C)C)cc1. The first-order valence-electron chi connectivity index (χ1n) is 15.0. The first-order chi connectivity index (χ1) is 21.0. The summed E-state index contributed by atoms with van der Waals surface area (Å²) in [5.41, 5.74) is 9.47. The van der Waals surface area contributed by atoms with Gasteiger partial charge in [-0.25, -0.2) is 4.98 Å². The monoisotopic (exact) mass is 633 g/mol. The van der Waals surface area contributed by atoms with Gasteiger partial charge in [-0.05, 0) is 23.5 Å². The van der Waals surface area contributed by atoms with Crippen LogP contribution in [0.4, 0.5) is 0 Å². The molecule has 244 valence electrons. The lowest BCUT2D eigenvalue weighted by Gasteiger charge is -2.35. The Morgan fingerprint density at radius 1 is 1.07 bits per heavy atom. The van der Waals surface area contributed by atoms with Crippen molar-refractivity contribution in [1.29, 1.82) is 0 Å². The van der Waals surface area contributed by atoms with E-state index in [0.29, 0.717) is 39.6 Å². The van der Waals surface area contributed by atoms with Gasteiger partial charge in [-0.15, -0.1) is 11.3 Å². The molecule has 3 atom stereocenters. The molecule has 5 N–H and O–H groups in total. The third-order valence-electron chi connectivity index (χ3n) is 7.19. The summed E-state index contributed by atoms with van der Waals surface area (Å²) >= 11 is 1.58. The van der Waals surface area contributed by atoms with Gasteiger partial charge in [0.2, 0.25) is 17.7 Å². The number of carbonyl (C=O) groups excluding carboxylic acids is 3. The van der Waals surface area contributed by atoms with E-state index >= 15 is 0 Å². The van der Waals surface area contributed by atoms with Gasteiger partial charge >= 0.3 is 0 Å². The summed E-state index contributed by atoms with van der Waals surface area (Å²) in [5, 5.41) is 16.2. The summed E-state index contributed by atoms with van der Waals surface area (Å²) in [5.74, 6) is -1.09. The zero-order valence-electron chi connectivity index (χ0n) is 26.2. The molecule has 1 aliphatic heterocycles. The first kappa shape index (κ1) is 35.5. The minimum Gasteiger partial charge on any atom is -0.391 e. The van der Waals surface area contributed by atoms with Crippen LogP contribution in [0.2, 0.25) is 0 Å². The number of hydrogen-bond acceptors (Lipinski definition) is 10. The summed E-state index contributed by atoms with van der Waals surface area (Å²) in [4.78, 5) is 46.5. The van der Waals surface area contributed by atoms with Gasteiger partial charge in [0.25, 0.3) is 0 Å². The number of aliphatic hydroxyl groups is 1. The highest BCUT2D eigenvalue weighted by molar-refractivity contribution is 7.13. The number of rotatable bonds is 17. The minimum atomic E-state index is -0.893. The fraction of sp³-hybridized carbons (Fsp3) is 0.613. The Hall–Kier alpha value is -2.94. The second kappa shape index (κ2) is 17.5. The van der Waals surface area contributed by atoms with E-state index in [9.17, 15) is 19.5 Å². The van der Waals surface area contributed by atoms with Crippen LogP contribution < -0.4 is 16.4 Å². The van der Waals surface area contributed by atoms with Crippen LogP contribution in [-0.4, -0.2) is 104 Å². The van der Waals surface area contributed by atoms with Crippen LogP contribution >= 0.6 is 11.3 Å². The topological polar surface area (TPSA) is 165 Å². The molecule has 3 rings (SSSR count). The number of amides is 3. The number of aliphatic hydroxyl groups excluding tert-OH is 1. The van der Waals surface area contributed by atoms with Gasteiger partial charge in [0.15, 0.2) is 0 Å². The van der Waals surface area contributed by atoms with Crippen molar-refractivity contribution in [1.82, 2.24) is 20.5 Å². The predicted molar refractivity (Wildman–Crippen MR) is 168 cm³/mol. The second-order valence-corrected chi connectivity index (χ2v) is 12.7. The number of nitrogens with one attached hydrogen (secondary N) is 2. The fourth-order valence-corrected chi connectivity index (χ4v) is 5.62. The Morgan fingerprint density at radius 3 is 2.30 bits per heavy atom. The summed E-state index contributed by atoms with van der Waals surface area (Å²) in [6.07, 6.45) is -0.648. The molecular formula is C31H47N5O7S. The molecule has 1 aliphatic rings. The molecule has 3 amide bonds. The maximum atomic E-state index is 13.7. The highest BCUT2D eigenvalue weighted by Gasteiger charge is 2.44. The first-order valence-corrected chi connectivity index (χ1v) is 15.9. The quantitative estimate of drug-likeness (QED) is 0.190. The second-order valence-electron chi connectivity index (χ2n) is 11.8. The molecule has 0 spiro atoms. The lowest BCUT2D eigenvalue weighted by atomic mass is 9.85. The molecule has 13 heteroatoms. The maximum Gasteiger partial charge on any atom is 0.246 e. The van der Waals surface area contributed by atoms with Crippen molar-refractivity contribution in [2.75, 3.05) is 52.7 Å². The molecule has 2 heterocycles. The Morgan fingerprint density at radius 2 is 1.70 bits per heavy atom. The van der Waals surface area contributed by atoms with Crippen LogP contribution in [0.3, 0.4) is 0 Å². The molecule has 44 heavy (non-hydrogen) atoms. The summed E-state index contributed by atoms with van der Waals surface area (Å²) < 4.78 is 16.1. The van der Waals surface area contributed by atoms with Crippen molar-refractivity contribution in [2.45, 2.75) is 65.3 Å². The van der Waals surface area contributed by atoms with Gasteiger partial charge in [0, 0.05) is 32.5 Å². The van der Waals surface area contributed by atoms with Crippen LogP contribution in [0, 0.1) is 12.3 Å². The number of nitrogens with zero attached hydrogens (tertiary/aromatic N) is 2. The van der Waals surface area contributed by atoms with E-state index < -0.39 is 29.5 Å². The molecule has 3 unspecified atom stereocenters. The van der Waals surface area contributed by atoms with Crippen LogP contribution in [0.5, 0.6) is 0 Å². The average molecular weight is 634 g/mol. The molecule has 12 nitrogen and oxygen atoms in total. The lowest BCUT2D eigenvalue weighted by molar-refractivity contribution is -0.144. The number of aryl methyl sites for hydroxylation is 1. The van der Waals surface area contributed by atoms with Gasteiger partial charge < -0.3 is 40.6 Å². The largest absolute Gasteiger partial charge is 0.391 e. The van der Waals surface area contributed by atoms with Crippen molar-refractivity contribution in [3.8, 4) is 10.4 Å². The maximum absolute atomic E-state index is 13.7. The van der Waals surface area contributed by atoms with E-state index in [2.05, 4.69) is 15.6 Å². The van der Waals surface area contributed by atoms with E-state index in [1.165, 1.54) is 4.90 Å². The zero-order chi connectivity index (χ0) is 32.1. The van der Waals surface area contributed by atoms with Crippen molar-refractivity contribution < 1.29 is 33.7 Å². The minimum absolute atomic E-state index is 0.0165. The molecule has 1 fully saturated rings. The number of thiazole rings is 1. The fourth-order valence-electron chi connectivity index (χ4n) is 4.80. The smallest absolute Gasteiger partial charge is 0.246 e. The average Bonchev–Trinajstić information content (AvgIpc) is 3.60. The van der Waals surface area contributed by atoms with Crippen LogP contribution in [0.25, 0.3) is 10.4 Å². The van der Waals surface area contributed by atoms with Crippen molar-refractivity contribution in [3.05, 3.63) is 41.0 Å². The molecule has 0 radical (unpaired) electrons. The number of ether oxygens (including phenoxy) is 3. The van der Waals surface area contributed by atoms with Crippen molar-refractivity contribution in [2.24, 2.45) is 11.1 Å². The van der Waals surface area contributed by atoms with Gasteiger partial charge in [0.1, 0.15) is 12.1 Å². The third-order valence-corrected chi connectivity index (χ3v) is 8.17. The lowest BCUT2D eigenvalue weighted by Crippen LogP contribution is -2.57. The molecule has 1 aromatic carbocycles. The number of carbonyl (C=O) groups is 3. The number of hydrogen-bond donors (Lipinski definition) is 4. The summed E-state index contributed by atoms with van der Waals surface area (Å²) in [7, 11) is 0. The third kappa shape index (κ3) is 10.9. The van der Waals surface area contributed by atoms with E-state index in [1.807, 2.05) is 57.5 Å². The normalized spacial score (nSPS) is 17.5. The molecule has 0 aliphatic carbocycles. The highest BCUT2D eigenvalue weighted by atomic mass is 32.1. The molecule has 0 saturated carbocycles. The van der Waals surface area contributed by atoms with E-state index in [4.69, 9.17) is 19.9 Å². The number of benzene rings is 1. The van der Waals surface area contributed by atoms with E-state index in [0.717, 1.165) is 21.7 Å². The highest BCUT2D eigenvalue weighted by Crippen LogP contribution is 2.28.